The van der Waals surface area contributed by atoms with Gasteiger partial charge in [-0.2, -0.15) is 0 Å². The molecule has 0 aliphatic heterocycles. The molecule has 32 heavy (non-hydrogen) atoms. The van der Waals surface area contributed by atoms with E-state index < -0.39 is 18.7 Å². The third kappa shape index (κ3) is 5.95. The summed E-state index contributed by atoms with van der Waals surface area (Å²) in [6, 6.07) is 24.2. The molecule has 0 radical (unpaired) electrons. The molecule has 2 atom stereocenters. The first kappa shape index (κ1) is 22.0. The maximum atomic E-state index is 12.8. The number of hydrogen-bond acceptors (Lipinski definition) is 4. The van der Waals surface area contributed by atoms with Crippen molar-refractivity contribution in [3.8, 4) is 11.5 Å². The van der Waals surface area contributed by atoms with Gasteiger partial charge in [-0.25, -0.2) is 0 Å². The molecule has 2 unspecified atom stereocenters. The van der Waals surface area contributed by atoms with E-state index in [1.54, 1.807) is 18.2 Å². The standard InChI is InChI=1S/C25H24F3NO3/c26-25(27,28)32-22-13-7-8-19(16-22)24(31-21-11-5-2-6-12-21)29(17-23(30)18-14-15-18)20-9-3-1-4-10-20/h1-13,16,18,23-24,30H,14-15,17H2. The van der Waals surface area contributed by atoms with E-state index in [0.29, 0.717) is 11.3 Å². The minimum atomic E-state index is -4.80. The summed E-state index contributed by atoms with van der Waals surface area (Å²) in [5.41, 5.74) is 1.26. The zero-order valence-corrected chi connectivity index (χ0v) is 17.3. The fraction of sp³-hybridized carbons (Fsp3) is 0.280. The molecule has 1 saturated carbocycles. The molecule has 4 rings (SSSR count). The van der Waals surface area contributed by atoms with Crippen molar-refractivity contribution in [2.75, 3.05) is 11.4 Å². The van der Waals surface area contributed by atoms with Crippen LogP contribution >= 0.6 is 0 Å². The first-order valence-electron chi connectivity index (χ1n) is 10.5. The van der Waals surface area contributed by atoms with Crippen LogP contribution in [0.5, 0.6) is 11.5 Å². The largest absolute Gasteiger partial charge is 0.573 e. The van der Waals surface area contributed by atoms with E-state index >= 15 is 0 Å². The van der Waals surface area contributed by atoms with Gasteiger partial charge in [0.05, 0.1) is 6.10 Å². The van der Waals surface area contributed by atoms with Crippen LogP contribution in [0.25, 0.3) is 0 Å². The van der Waals surface area contributed by atoms with Crippen LogP contribution in [0.2, 0.25) is 0 Å². The number of anilines is 1. The number of nitrogens with zero attached hydrogens (tertiary/aromatic N) is 1. The quantitative estimate of drug-likeness (QED) is 0.416. The molecule has 1 aliphatic carbocycles. The van der Waals surface area contributed by atoms with Gasteiger partial charge in [-0.3, -0.25) is 0 Å². The van der Waals surface area contributed by atoms with E-state index in [1.807, 2.05) is 53.4 Å². The highest BCUT2D eigenvalue weighted by Crippen LogP contribution is 2.37. The van der Waals surface area contributed by atoms with Crippen molar-refractivity contribution < 1.29 is 27.8 Å². The van der Waals surface area contributed by atoms with Crippen molar-refractivity contribution in [2.45, 2.75) is 31.5 Å². The maximum absolute atomic E-state index is 12.8. The number of aliphatic hydroxyl groups is 1. The lowest BCUT2D eigenvalue weighted by molar-refractivity contribution is -0.274. The highest BCUT2D eigenvalue weighted by Gasteiger charge is 2.35. The van der Waals surface area contributed by atoms with Gasteiger partial charge in [-0.05, 0) is 55.2 Å². The van der Waals surface area contributed by atoms with E-state index in [-0.39, 0.29) is 18.2 Å². The number of para-hydroxylation sites is 2. The van der Waals surface area contributed by atoms with E-state index in [4.69, 9.17) is 4.74 Å². The fourth-order valence-corrected chi connectivity index (χ4v) is 3.59. The lowest BCUT2D eigenvalue weighted by Gasteiger charge is -2.35. The van der Waals surface area contributed by atoms with Gasteiger partial charge in [0.25, 0.3) is 0 Å². The minimum absolute atomic E-state index is 0.221. The van der Waals surface area contributed by atoms with Gasteiger partial charge >= 0.3 is 6.36 Å². The zero-order chi connectivity index (χ0) is 22.6. The molecular formula is C25H24F3NO3. The van der Waals surface area contributed by atoms with Gasteiger partial charge in [0.1, 0.15) is 11.5 Å². The molecule has 1 fully saturated rings. The van der Waals surface area contributed by atoms with Crippen LogP contribution in [-0.2, 0) is 0 Å². The van der Waals surface area contributed by atoms with Crippen molar-refractivity contribution in [2.24, 2.45) is 5.92 Å². The molecule has 0 aromatic heterocycles. The molecule has 1 N–H and O–H groups in total. The molecule has 0 amide bonds. The molecule has 7 heteroatoms. The summed E-state index contributed by atoms with van der Waals surface area (Å²) in [6.45, 7) is 0.274. The molecule has 168 valence electrons. The van der Waals surface area contributed by atoms with Gasteiger partial charge in [0, 0.05) is 17.8 Å². The van der Waals surface area contributed by atoms with Crippen molar-refractivity contribution in [1.82, 2.24) is 0 Å². The molecule has 3 aromatic rings. The first-order chi connectivity index (χ1) is 15.4. The number of alkyl halides is 3. The Morgan fingerprint density at radius 2 is 1.50 bits per heavy atom. The van der Waals surface area contributed by atoms with Crippen LogP contribution in [0.1, 0.15) is 24.6 Å². The Balaban J connectivity index is 1.73. The Kier molecular flexibility index (Phi) is 6.55. The van der Waals surface area contributed by atoms with Gasteiger partial charge in [0.2, 0.25) is 0 Å². The summed E-state index contributed by atoms with van der Waals surface area (Å²) in [7, 11) is 0. The smallest absolute Gasteiger partial charge is 0.466 e. The number of hydrogen-bond donors (Lipinski definition) is 1. The van der Waals surface area contributed by atoms with Crippen molar-refractivity contribution in [1.29, 1.82) is 0 Å². The Bertz CT molecular complexity index is 994. The average Bonchev–Trinajstić information content (AvgIpc) is 3.62. The normalized spacial score (nSPS) is 15.6. The number of halogens is 3. The number of aliphatic hydroxyl groups excluding tert-OH is 1. The van der Waals surface area contributed by atoms with Crippen LogP contribution in [0.3, 0.4) is 0 Å². The fourth-order valence-electron chi connectivity index (χ4n) is 3.59. The summed E-state index contributed by atoms with van der Waals surface area (Å²) in [5.74, 6) is 0.451. The Hall–Kier alpha value is -3.19. The second-order valence-electron chi connectivity index (χ2n) is 7.80. The molecule has 3 aromatic carbocycles. The predicted octanol–water partition coefficient (Wildman–Crippen LogP) is 5.94. The van der Waals surface area contributed by atoms with Crippen LogP contribution in [-0.4, -0.2) is 24.1 Å². The Morgan fingerprint density at radius 1 is 0.875 bits per heavy atom. The summed E-state index contributed by atoms with van der Waals surface area (Å²) >= 11 is 0. The molecule has 0 spiro atoms. The van der Waals surface area contributed by atoms with Gasteiger partial charge < -0.3 is 19.5 Å². The van der Waals surface area contributed by atoms with E-state index in [0.717, 1.165) is 18.5 Å². The summed E-state index contributed by atoms with van der Waals surface area (Å²) < 4.78 is 48.9. The molecule has 1 aliphatic rings. The highest BCUT2D eigenvalue weighted by molar-refractivity contribution is 5.49. The van der Waals surface area contributed by atoms with Crippen LogP contribution < -0.4 is 14.4 Å². The SMILES string of the molecule is OC(CN(c1ccccc1)C(Oc1ccccc1)c1cccc(OC(F)(F)F)c1)C1CC1. The monoisotopic (exact) mass is 443 g/mol. The third-order valence-corrected chi connectivity index (χ3v) is 5.29. The molecule has 4 nitrogen and oxygen atoms in total. The molecule has 0 saturated heterocycles. The van der Waals surface area contributed by atoms with Crippen molar-refractivity contribution in [3.05, 3.63) is 90.5 Å². The third-order valence-electron chi connectivity index (χ3n) is 5.29. The van der Waals surface area contributed by atoms with Gasteiger partial charge in [-0.15, -0.1) is 13.2 Å². The molecule has 0 bridgehead atoms. The highest BCUT2D eigenvalue weighted by atomic mass is 19.4. The van der Waals surface area contributed by atoms with Crippen LogP contribution in [0.4, 0.5) is 18.9 Å². The Morgan fingerprint density at radius 3 is 2.12 bits per heavy atom. The zero-order valence-electron chi connectivity index (χ0n) is 17.3. The molecular weight excluding hydrogens is 419 g/mol. The molecule has 0 heterocycles. The van der Waals surface area contributed by atoms with Crippen molar-refractivity contribution in [3.63, 3.8) is 0 Å². The maximum Gasteiger partial charge on any atom is 0.573 e. The minimum Gasteiger partial charge on any atom is -0.466 e. The van der Waals surface area contributed by atoms with Crippen molar-refractivity contribution >= 4 is 5.69 Å². The second kappa shape index (κ2) is 9.53. The average molecular weight is 443 g/mol. The van der Waals surface area contributed by atoms with Gasteiger partial charge in [-0.1, -0.05) is 48.5 Å². The van der Waals surface area contributed by atoms with Gasteiger partial charge in [0.15, 0.2) is 6.23 Å². The topological polar surface area (TPSA) is 41.9 Å². The summed E-state index contributed by atoms with van der Waals surface area (Å²) in [6.07, 6.45) is -4.24. The Labute approximate surface area is 184 Å². The number of benzene rings is 3. The second-order valence-corrected chi connectivity index (χ2v) is 7.80. The van der Waals surface area contributed by atoms with Crippen LogP contribution in [0, 0.1) is 5.92 Å². The van der Waals surface area contributed by atoms with Crippen LogP contribution in [0.15, 0.2) is 84.9 Å². The van der Waals surface area contributed by atoms with E-state index in [9.17, 15) is 18.3 Å². The lowest BCUT2D eigenvalue weighted by Crippen LogP contribution is -2.39. The predicted molar refractivity (Wildman–Crippen MR) is 115 cm³/mol. The number of rotatable bonds is 9. The lowest BCUT2D eigenvalue weighted by atomic mass is 10.1. The first-order valence-corrected chi connectivity index (χ1v) is 10.5. The summed E-state index contributed by atoms with van der Waals surface area (Å²) in [4.78, 5) is 1.88. The van der Waals surface area contributed by atoms with E-state index in [1.165, 1.54) is 18.2 Å². The number of ether oxygens (including phenoxy) is 2. The van der Waals surface area contributed by atoms with E-state index in [2.05, 4.69) is 4.74 Å². The summed E-state index contributed by atoms with van der Waals surface area (Å²) in [5, 5.41) is 10.7.